The Hall–Kier alpha value is -2.69. The number of hydrogen-bond acceptors (Lipinski definition) is 8. The largest absolute Gasteiger partial charge is 0.486 e. The Morgan fingerprint density at radius 2 is 2.16 bits per heavy atom. The van der Waals surface area contributed by atoms with Crippen LogP contribution in [0.1, 0.15) is 12.1 Å². The third-order valence-corrected chi connectivity index (χ3v) is 10.4. The van der Waals surface area contributed by atoms with Gasteiger partial charge in [-0.25, -0.2) is 9.97 Å². The van der Waals surface area contributed by atoms with Crippen LogP contribution in [0.15, 0.2) is 24.7 Å². The van der Waals surface area contributed by atoms with Gasteiger partial charge < -0.3 is 24.1 Å². The van der Waals surface area contributed by atoms with E-state index >= 15 is 0 Å². The fourth-order valence-electron chi connectivity index (χ4n) is 5.47. The summed E-state index contributed by atoms with van der Waals surface area (Å²) in [5.41, 5.74) is 2.50. The molecular formula is C22H23N5O4S. The Morgan fingerprint density at radius 3 is 3.06 bits per heavy atom. The molecule has 0 saturated carbocycles. The van der Waals surface area contributed by atoms with Gasteiger partial charge in [0.05, 0.1) is 37.6 Å². The molecule has 1 N–H and O–H groups in total. The van der Waals surface area contributed by atoms with Gasteiger partial charge in [0.1, 0.15) is 17.0 Å². The van der Waals surface area contributed by atoms with E-state index in [9.17, 15) is 4.21 Å². The molecule has 0 bridgehead atoms. The number of pyridine rings is 1. The van der Waals surface area contributed by atoms with Crippen LogP contribution in [0.5, 0.6) is 5.75 Å². The number of H-pyrrole nitrogens is 1. The van der Waals surface area contributed by atoms with E-state index < -0.39 is 14.3 Å². The highest BCUT2D eigenvalue weighted by atomic mass is 32.2. The van der Waals surface area contributed by atoms with E-state index in [4.69, 9.17) is 24.2 Å². The molecule has 10 heteroatoms. The van der Waals surface area contributed by atoms with Crippen molar-refractivity contribution >= 4 is 31.1 Å². The number of rotatable bonds is 2. The SMILES string of the molecule is CS1(=O)=C2COCCC21c1nc(-c2cncc3[nH]ccc23)nc2c1OCC1COCCN21. The first-order valence-corrected chi connectivity index (χ1v) is 12.8. The van der Waals surface area contributed by atoms with E-state index in [1.54, 1.807) is 12.4 Å². The molecule has 0 amide bonds. The van der Waals surface area contributed by atoms with Crippen molar-refractivity contribution in [3.63, 3.8) is 0 Å². The standard InChI is InChI=1S/C22H23N5O4S/c1-32(28)17-12-29-6-3-22(17,32)19-18-21(27-5-7-30-10-13(27)11-31-18)26-20(25-19)15-8-23-9-16-14(15)2-4-24-16/h2,4,8-9,13,24H,3,5-7,10-12H2,1H3. The molecular weight excluding hydrogens is 430 g/mol. The van der Waals surface area contributed by atoms with Gasteiger partial charge in [0.25, 0.3) is 0 Å². The molecule has 0 aromatic carbocycles. The maximum absolute atomic E-state index is 13.7. The third-order valence-electron chi connectivity index (χ3n) is 7.24. The molecule has 9 nitrogen and oxygen atoms in total. The normalized spacial score (nSPS) is 31.0. The number of fused-ring (bicyclic) bond motifs is 5. The minimum Gasteiger partial charge on any atom is -0.486 e. The lowest BCUT2D eigenvalue weighted by molar-refractivity contribution is 0.0690. The van der Waals surface area contributed by atoms with E-state index in [0.717, 1.165) is 39.4 Å². The van der Waals surface area contributed by atoms with Gasteiger partial charge in [0.15, 0.2) is 17.4 Å². The van der Waals surface area contributed by atoms with Crippen LogP contribution in [0.3, 0.4) is 0 Å². The second-order valence-corrected chi connectivity index (χ2v) is 11.7. The zero-order chi connectivity index (χ0) is 21.5. The lowest BCUT2D eigenvalue weighted by Crippen LogP contribution is -2.52. The quantitative estimate of drug-likeness (QED) is 0.580. The summed E-state index contributed by atoms with van der Waals surface area (Å²) in [6, 6.07) is 2.11. The molecule has 0 radical (unpaired) electrons. The number of aromatic amines is 1. The van der Waals surface area contributed by atoms with Crippen LogP contribution in [0.4, 0.5) is 5.82 Å². The zero-order valence-corrected chi connectivity index (χ0v) is 18.5. The summed E-state index contributed by atoms with van der Waals surface area (Å²) < 4.78 is 30.7. The molecule has 2 saturated heterocycles. The van der Waals surface area contributed by atoms with Crippen molar-refractivity contribution in [3.05, 3.63) is 30.4 Å². The molecule has 0 aliphatic carbocycles. The van der Waals surface area contributed by atoms with Gasteiger partial charge in [0, 0.05) is 47.6 Å². The number of aromatic nitrogens is 4. The molecule has 32 heavy (non-hydrogen) atoms. The van der Waals surface area contributed by atoms with Gasteiger partial charge >= 0.3 is 0 Å². The summed E-state index contributed by atoms with van der Waals surface area (Å²) in [4.78, 5) is 20.9. The summed E-state index contributed by atoms with van der Waals surface area (Å²) in [7, 11) is -2.24. The molecule has 3 aromatic rings. The average Bonchev–Trinajstić information content (AvgIpc) is 3.12. The molecule has 166 valence electrons. The monoisotopic (exact) mass is 453 g/mol. The van der Waals surface area contributed by atoms with E-state index in [1.807, 2.05) is 18.5 Å². The Labute approximate surface area is 185 Å². The van der Waals surface area contributed by atoms with Crippen molar-refractivity contribution in [3.8, 4) is 17.1 Å². The minimum absolute atomic E-state index is 0.105. The van der Waals surface area contributed by atoms with Crippen LogP contribution < -0.4 is 9.64 Å². The maximum Gasteiger partial charge on any atom is 0.185 e. The van der Waals surface area contributed by atoms with E-state index in [0.29, 0.717) is 51.0 Å². The predicted octanol–water partition coefficient (Wildman–Crippen LogP) is 1.33. The molecule has 2 fully saturated rings. The smallest absolute Gasteiger partial charge is 0.185 e. The van der Waals surface area contributed by atoms with E-state index in [-0.39, 0.29) is 6.04 Å². The molecule has 3 unspecified atom stereocenters. The number of ether oxygens (including phenoxy) is 3. The molecule has 3 atom stereocenters. The summed E-state index contributed by atoms with van der Waals surface area (Å²) in [6.45, 7) is 3.45. The number of anilines is 1. The van der Waals surface area contributed by atoms with Crippen LogP contribution >= 0.6 is 0 Å². The van der Waals surface area contributed by atoms with Crippen molar-refractivity contribution < 1.29 is 18.4 Å². The van der Waals surface area contributed by atoms with Crippen molar-refractivity contribution in [2.75, 3.05) is 50.7 Å². The van der Waals surface area contributed by atoms with Crippen LogP contribution in [0.2, 0.25) is 0 Å². The molecule has 3 aromatic heterocycles. The minimum atomic E-state index is -2.24. The Kier molecular flexibility index (Phi) is 3.79. The number of hydrogen-bond donors (Lipinski definition) is 1. The first-order valence-electron chi connectivity index (χ1n) is 10.9. The van der Waals surface area contributed by atoms with Crippen LogP contribution in [-0.2, 0) is 23.7 Å². The number of morpholine rings is 1. The summed E-state index contributed by atoms with van der Waals surface area (Å²) in [5, 5.41) is 1.00. The Balaban J connectivity index is 1.49. The summed E-state index contributed by atoms with van der Waals surface area (Å²) >= 11 is 0. The fraction of sp³-hybridized carbons (Fsp3) is 0.455. The van der Waals surface area contributed by atoms with Crippen LogP contribution in [0, 0.1) is 0 Å². The number of nitrogens with zero attached hydrogens (tertiary/aromatic N) is 4. The summed E-state index contributed by atoms with van der Waals surface area (Å²) in [6.07, 6.45) is 7.95. The van der Waals surface area contributed by atoms with Gasteiger partial charge in [-0.05, 0) is 22.0 Å². The Morgan fingerprint density at radius 1 is 1.22 bits per heavy atom. The predicted molar refractivity (Wildman–Crippen MR) is 121 cm³/mol. The maximum atomic E-state index is 13.7. The zero-order valence-electron chi connectivity index (χ0n) is 17.7. The van der Waals surface area contributed by atoms with Gasteiger partial charge in [-0.2, -0.15) is 0 Å². The molecule has 7 heterocycles. The van der Waals surface area contributed by atoms with Gasteiger partial charge in [-0.15, -0.1) is 0 Å². The lowest BCUT2D eigenvalue weighted by Gasteiger charge is -2.41. The molecule has 4 aliphatic heterocycles. The molecule has 7 rings (SSSR count). The molecule has 0 spiro atoms. The molecule has 4 aliphatic rings. The fourth-order valence-corrected chi connectivity index (χ4v) is 8.40. The first kappa shape index (κ1) is 18.8. The number of nitrogens with one attached hydrogen (secondary N) is 1. The topological polar surface area (TPSA) is 102 Å². The van der Waals surface area contributed by atoms with Crippen molar-refractivity contribution in [1.82, 2.24) is 19.9 Å². The lowest BCUT2D eigenvalue weighted by atomic mass is 9.94. The third kappa shape index (κ3) is 2.32. The highest BCUT2D eigenvalue weighted by molar-refractivity contribution is 8.12. The average molecular weight is 454 g/mol. The van der Waals surface area contributed by atoms with Crippen molar-refractivity contribution in [2.24, 2.45) is 0 Å². The van der Waals surface area contributed by atoms with Gasteiger partial charge in [-0.3, -0.25) is 9.19 Å². The van der Waals surface area contributed by atoms with E-state index in [1.165, 1.54) is 0 Å². The van der Waals surface area contributed by atoms with E-state index in [2.05, 4.69) is 14.9 Å². The highest BCUT2D eigenvalue weighted by Crippen LogP contribution is 2.55. The highest BCUT2D eigenvalue weighted by Gasteiger charge is 2.63. The first-order chi connectivity index (χ1) is 15.6. The second-order valence-electron chi connectivity index (χ2n) is 8.80. The van der Waals surface area contributed by atoms with Crippen molar-refractivity contribution in [2.45, 2.75) is 17.2 Å². The van der Waals surface area contributed by atoms with Gasteiger partial charge in [-0.1, -0.05) is 0 Å². The van der Waals surface area contributed by atoms with Crippen molar-refractivity contribution in [1.29, 1.82) is 0 Å². The van der Waals surface area contributed by atoms with Gasteiger partial charge in [0.2, 0.25) is 0 Å². The van der Waals surface area contributed by atoms with Crippen LogP contribution in [0.25, 0.3) is 22.3 Å². The van der Waals surface area contributed by atoms with Crippen LogP contribution in [-0.4, -0.2) is 80.9 Å². The second kappa shape index (κ2) is 6.43. The Bertz CT molecular complexity index is 1390. The summed E-state index contributed by atoms with van der Waals surface area (Å²) in [5.74, 6) is 2.00.